The molecule has 0 saturated heterocycles. The topological polar surface area (TPSA) is 0 Å². The molecular formula is C23H22F4. The first kappa shape index (κ1) is 19.5. The Hall–Kier alpha value is -2.28. The molecule has 0 N–H and O–H groups in total. The van der Waals surface area contributed by atoms with Gasteiger partial charge in [0.25, 0.3) is 0 Å². The van der Waals surface area contributed by atoms with Gasteiger partial charge in [-0.2, -0.15) is 0 Å². The van der Waals surface area contributed by atoms with Crippen molar-refractivity contribution < 1.29 is 17.6 Å². The zero-order valence-corrected chi connectivity index (χ0v) is 15.3. The van der Waals surface area contributed by atoms with Gasteiger partial charge in [-0.25, -0.2) is 17.6 Å². The molecule has 0 aliphatic heterocycles. The lowest BCUT2D eigenvalue weighted by molar-refractivity contribution is 0.312. The standard InChI is InChI=1S/C23H22F4/c1-2-3-4-5-15-6-8-16(9-7-15)17-10-11-19(20(24)12-17)18-13-21(25)23(27)22(26)14-18/h10-16H,4-9H2,1H3. The molecule has 0 spiro atoms. The molecule has 0 aromatic heterocycles. The largest absolute Gasteiger partial charge is 0.206 e. The molecule has 0 radical (unpaired) electrons. The maximum absolute atomic E-state index is 14.6. The van der Waals surface area contributed by atoms with Crippen molar-refractivity contribution in [2.75, 3.05) is 0 Å². The van der Waals surface area contributed by atoms with Crippen LogP contribution < -0.4 is 0 Å². The molecule has 3 rings (SSSR count). The third kappa shape index (κ3) is 4.53. The SMILES string of the molecule is CC#CCCC1CCC(c2ccc(-c3cc(F)c(F)c(F)c3)c(F)c2)CC1. The van der Waals surface area contributed by atoms with Crippen LogP contribution >= 0.6 is 0 Å². The van der Waals surface area contributed by atoms with Gasteiger partial charge < -0.3 is 0 Å². The van der Waals surface area contributed by atoms with Crippen LogP contribution in [0.5, 0.6) is 0 Å². The fourth-order valence-corrected chi connectivity index (χ4v) is 3.92. The summed E-state index contributed by atoms with van der Waals surface area (Å²) >= 11 is 0. The fourth-order valence-electron chi connectivity index (χ4n) is 3.92. The average Bonchev–Trinajstić information content (AvgIpc) is 2.66. The highest BCUT2D eigenvalue weighted by atomic mass is 19.2. The molecule has 142 valence electrons. The lowest BCUT2D eigenvalue weighted by Crippen LogP contribution is -2.13. The Morgan fingerprint density at radius 3 is 2.15 bits per heavy atom. The van der Waals surface area contributed by atoms with E-state index in [4.69, 9.17) is 0 Å². The third-order valence-corrected chi connectivity index (χ3v) is 5.46. The van der Waals surface area contributed by atoms with Gasteiger partial charge in [0.05, 0.1) is 0 Å². The summed E-state index contributed by atoms with van der Waals surface area (Å²) < 4.78 is 54.6. The van der Waals surface area contributed by atoms with Gasteiger partial charge in [0.1, 0.15) is 5.82 Å². The van der Waals surface area contributed by atoms with Crippen molar-refractivity contribution in [3.8, 4) is 23.0 Å². The molecule has 2 aromatic carbocycles. The minimum absolute atomic E-state index is 0.00353. The van der Waals surface area contributed by atoms with E-state index in [9.17, 15) is 17.6 Å². The molecule has 2 aromatic rings. The molecule has 1 aliphatic carbocycles. The second-order valence-electron chi connectivity index (χ2n) is 7.18. The van der Waals surface area contributed by atoms with Gasteiger partial charge in [0.15, 0.2) is 17.5 Å². The van der Waals surface area contributed by atoms with Gasteiger partial charge in [-0.1, -0.05) is 12.1 Å². The first-order chi connectivity index (χ1) is 13.0. The summed E-state index contributed by atoms with van der Waals surface area (Å²) in [7, 11) is 0. The highest BCUT2D eigenvalue weighted by molar-refractivity contribution is 5.65. The van der Waals surface area contributed by atoms with Gasteiger partial charge in [-0.15, -0.1) is 11.8 Å². The Morgan fingerprint density at radius 2 is 1.56 bits per heavy atom. The average molecular weight is 374 g/mol. The second kappa shape index (κ2) is 8.61. The molecule has 0 amide bonds. The van der Waals surface area contributed by atoms with Gasteiger partial charge in [0, 0.05) is 12.0 Å². The monoisotopic (exact) mass is 374 g/mol. The number of halogens is 4. The normalized spacial score (nSPS) is 19.4. The predicted molar refractivity (Wildman–Crippen MR) is 99.1 cm³/mol. The van der Waals surface area contributed by atoms with Crippen molar-refractivity contribution in [1.82, 2.24) is 0 Å². The van der Waals surface area contributed by atoms with E-state index in [1.54, 1.807) is 0 Å². The van der Waals surface area contributed by atoms with E-state index in [0.717, 1.165) is 56.2 Å². The highest BCUT2D eigenvalue weighted by Crippen LogP contribution is 2.38. The third-order valence-electron chi connectivity index (χ3n) is 5.46. The second-order valence-corrected chi connectivity index (χ2v) is 7.18. The summed E-state index contributed by atoms with van der Waals surface area (Å²) in [5.74, 6) is 2.27. The molecule has 0 bridgehead atoms. The van der Waals surface area contributed by atoms with E-state index in [1.165, 1.54) is 12.1 Å². The molecule has 1 fully saturated rings. The van der Waals surface area contributed by atoms with Crippen LogP contribution in [0.4, 0.5) is 17.6 Å². The maximum atomic E-state index is 14.6. The molecule has 1 aliphatic rings. The number of hydrogen-bond acceptors (Lipinski definition) is 0. The van der Waals surface area contributed by atoms with Crippen molar-refractivity contribution >= 4 is 0 Å². The Labute approximate surface area is 157 Å². The lowest BCUT2D eigenvalue weighted by atomic mass is 9.77. The molecule has 4 heteroatoms. The summed E-state index contributed by atoms with van der Waals surface area (Å²) in [4.78, 5) is 0. The van der Waals surface area contributed by atoms with Gasteiger partial charge in [-0.05, 0) is 80.2 Å². The summed E-state index contributed by atoms with van der Waals surface area (Å²) in [5, 5.41) is 0. The summed E-state index contributed by atoms with van der Waals surface area (Å²) in [5.41, 5.74) is 0.977. The Kier molecular flexibility index (Phi) is 6.21. The Balaban J connectivity index is 1.71. The van der Waals surface area contributed by atoms with Gasteiger partial charge >= 0.3 is 0 Å². The van der Waals surface area contributed by atoms with Crippen LogP contribution in [0.3, 0.4) is 0 Å². The van der Waals surface area contributed by atoms with E-state index in [0.29, 0.717) is 11.8 Å². The lowest BCUT2D eigenvalue weighted by Gasteiger charge is -2.28. The van der Waals surface area contributed by atoms with E-state index < -0.39 is 23.3 Å². The van der Waals surface area contributed by atoms with Crippen molar-refractivity contribution in [2.24, 2.45) is 5.92 Å². The van der Waals surface area contributed by atoms with Crippen LogP contribution in [0.15, 0.2) is 30.3 Å². The molecule has 1 saturated carbocycles. The summed E-state index contributed by atoms with van der Waals surface area (Å²) in [6.07, 6.45) is 6.26. The summed E-state index contributed by atoms with van der Waals surface area (Å²) in [6.45, 7) is 1.85. The van der Waals surface area contributed by atoms with Crippen molar-refractivity contribution in [2.45, 2.75) is 51.4 Å². The van der Waals surface area contributed by atoms with Gasteiger partial charge in [-0.3, -0.25) is 0 Å². The quantitative estimate of drug-likeness (QED) is 0.307. The van der Waals surface area contributed by atoms with Crippen molar-refractivity contribution in [1.29, 1.82) is 0 Å². The van der Waals surface area contributed by atoms with Crippen LogP contribution in [-0.2, 0) is 0 Å². The van der Waals surface area contributed by atoms with E-state index in [-0.39, 0.29) is 11.1 Å². The smallest absolute Gasteiger partial charge is 0.194 e. The number of rotatable bonds is 4. The zero-order valence-electron chi connectivity index (χ0n) is 15.3. The van der Waals surface area contributed by atoms with Crippen LogP contribution in [-0.4, -0.2) is 0 Å². The Bertz CT molecular complexity index is 845. The molecule has 0 atom stereocenters. The van der Waals surface area contributed by atoms with E-state index in [1.807, 2.05) is 13.0 Å². The minimum Gasteiger partial charge on any atom is -0.206 e. The first-order valence-electron chi connectivity index (χ1n) is 9.33. The molecular weight excluding hydrogens is 352 g/mol. The molecule has 27 heavy (non-hydrogen) atoms. The predicted octanol–water partition coefficient (Wildman–Crippen LogP) is 6.99. The minimum atomic E-state index is -1.54. The fraction of sp³-hybridized carbons (Fsp3) is 0.391. The zero-order chi connectivity index (χ0) is 19.4. The van der Waals surface area contributed by atoms with Crippen molar-refractivity contribution in [3.05, 3.63) is 59.2 Å². The first-order valence-corrected chi connectivity index (χ1v) is 9.33. The highest BCUT2D eigenvalue weighted by Gasteiger charge is 2.23. The number of benzene rings is 2. The van der Waals surface area contributed by atoms with E-state index >= 15 is 0 Å². The van der Waals surface area contributed by atoms with Crippen LogP contribution in [0.2, 0.25) is 0 Å². The van der Waals surface area contributed by atoms with Crippen LogP contribution in [0, 0.1) is 41.0 Å². The molecule has 0 heterocycles. The van der Waals surface area contributed by atoms with Crippen LogP contribution in [0.1, 0.15) is 56.9 Å². The summed E-state index contributed by atoms with van der Waals surface area (Å²) in [6, 6.07) is 6.43. The molecule has 0 nitrogen and oxygen atoms in total. The van der Waals surface area contributed by atoms with Gasteiger partial charge in [0.2, 0.25) is 0 Å². The number of hydrogen-bond donors (Lipinski definition) is 0. The van der Waals surface area contributed by atoms with E-state index in [2.05, 4.69) is 11.8 Å². The maximum Gasteiger partial charge on any atom is 0.194 e. The molecule has 0 unspecified atom stereocenters. The van der Waals surface area contributed by atoms with Crippen molar-refractivity contribution in [3.63, 3.8) is 0 Å². The Morgan fingerprint density at radius 1 is 0.889 bits per heavy atom. The van der Waals surface area contributed by atoms with Crippen LogP contribution in [0.25, 0.3) is 11.1 Å².